The van der Waals surface area contributed by atoms with Gasteiger partial charge in [-0.25, -0.2) is 0 Å². The minimum Gasteiger partial charge on any atom is -0.369 e. The number of nitrogens with one attached hydrogen (secondary N) is 4. The molecule has 2 fully saturated rings. The number of carbonyl (C=O) groups is 11. The molecule has 0 aliphatic carbocycles. The van der Waals surface area contributed by atoms with E-state index in [-0.39, 0.29) is 98.8 Å². The quantitative estimate of drug-likeness (QED) is 0.0651. The highest BCUT2D eigenvalue weighted by molar-refractivity contribution is 6.36. The Morgan fingerprint density at radius 3 is 2.04 bits per heavy atom. The van der Waals surface area contributed by atoms with Crippen LogP contribution in [0.2, 0.25) is 0 Å². The molecule has 6 amide bonds. The number of para-hydroxylation sites is 1. The van der Waals surface area contributed by atoms with Gasteiger partial charge in [0.1, 0.15) is 0 Å². The monoisotopic (exact) mass is 1000 g/mol. The maximum Gasteiger partial charge on any atom is 0.287 e. The topological polar surface area (TPSA) is 272 Å². The lowest BCUT2D eigenvalue weighted by Crippen LogP contribution is -2.50. The number of fused-ring (bicyclic) bond motifs is 1. The van der Waals surface area contributed by atoms with E-state index in [1.165, 1.54) is 18.9 Å². The fourth-order valence-corrected chi connectivity index (χ4v) is 10.2. The van der Waals surface area contributed by atoms with E-state index in [1.807, 2.05) is 65.1 Å². The van der Waals surface area contributed by atoms with Gasteiger partial charge in [0.2, 0.25) is 35.3 Å². The number of likely N-dealkylation sites (tertiary alicyclic amines) is 2. The number of aromatic amines is 1. The lowest BCUT2D eigenvalue weighted by molar-refractivity contribution is -0.144. The molecular formula is C54H79N7O11. The van der Waals surface area contributed by atoms with Gasteiger partial charge in [-0.2, -0.15) is 0 Å². The third-order valence-electron chi connectivity index (χ3n) is 14.5. The van der Waals surface area contributed by atoms with Gasteiger partial charge in [-0.05, 0) is 74.8 Å². The van der Waals surface area contributed by atoms with Crippen LogP contribution in [0.1, 0.15) is 150 Å². The largest absolute Gasteiger partial charge is 0.369 e. The molecule has 72 heavy (non-hydrogen) atoms. The first-order chi connectivity index (χ1) is 34.2. The van der Waals surface area contributed by atoms with Crippen molar-refractivity contribution in [3.05, 3.63) is 36.0 Å². The smallest absolute Gasteiger partial charge is 0.287 e. The number of nitrogens with two attached hydrogens (primary N) is 1. The molecule has 0 saturated carbocycles. The van der Waals surface area contributed by atoms with E-state index < -0.39 is 77.1 Å². The third-order valence-corrected chi connectivity index (χ3v) is 14.5. The summed E-state index contributed by atoms with van der Waals surface area (Å²) >= 11 is 0. The molecule has 18 heteroatoms. The lowest BCUT2D eigenvalue weighted by Gasteiger charge is -2.31. The molecule has 1 aromatic heterocycles. The summed E-state index contributed by atoms with van der Waals surface area (Å²) in [6.07, 6.45) is 4.66. The molecule has 18 nitrogen and oxygen atoms in total. The fourth-order valence-electron chi connectivity index (χ4n) is 10.2. The third kappa shape index (κ3) is 16.5. The summed E-state index contributed by atoms with van der Waals surface area (Å²) < 4.78 is 0. The first-order valence-electron chi connectivity index (χ1n) is 26.1. The summed E-state index contributed by atoms with van der Waals surface area (Å²) in [5.41, 5.74) is 7.60. The van der Waals surface area contributed by atoms with Crippen LogP contribution in [0, 0.1) is 29.6 Å². The van der Waals surface area contributed by atoms with Gasteiger partial charge in [0.05, 0.1) is 24.2 Å². The fraction of sp³-hybridized carbons (Fsp3) is 0.648. The van der Waals surface area contributed by atoms with Crippen LogP contribution in [-0.4, -0.2) is 123 Å². The Hall–Kier alpha value is -6.07. The average Bonchev–Trinajstić information content (AvgIpc) is 4.15. The van der Waals surface area contributed by atoms with Crippen molar-refractivity contribution < 1.29 is 52.7 Å². The number of hydrogen-bond acceptors (Lipinski definition) is 11. The van der Waals surface area contributed by atoms with Gasteiger partial charge in [0.25, 0.3) is 5.91 Å². The number of ketones is 5. The zero-order valence-electron chi connectivity index (χ0n) is 43.5. The van der Waals surface area contributed by atoms with Crippen molar-refractivity contribution >= 4 is 75.3 Å². The molecule has 4 rings (SSSR count). The maximum absolute atomic E-state index is 14.5. The highest BCUT2D eigenvalue weighted by atomic mass is 16.2. The summed E-state index contributed by atoms with van der Waals surface area (Å²) in [5.74, 6) is -8.52. The second-order valence-electron chi connectivity index (χ2n) is 20.4. The van der Waals surface area contributed by atoms with Crippen molar-refractivity contribution in [1.82, 2.24) is 30.7 Å². The van der Waals surface area contributed by atoms with Gasteiger partial charge in [-0.3, -0.25) is 52.7 Å². The van der Waals surface area contributed by atoms with E-state index >= 15 is 0 Å². The van der Waals surface area contributed by atoms with Crippen molar-refractivity contribution in [3.63, 3.8) is 0 Å². The number of aromatic nitrogens is 1. The summed E-state index contributed by atoms with van der Waals surface area (Å²) in [4.78, 5) is 154. The number of amides is 6. The van der Waals surface area contributed by atoms with Crippen molar-refractivity contribution in [1.29, 1.82) is 0 Å². The molecule has 0 spiro atoms. The molecule has 0 bridgehead atoms. The van der Waals surface area contributed by atoms with Crippen molar-refractivity contribution in [2.24, 2.45) is 35.3 Å². The van der Waals surface area contributed by atoms with Crippen LogP contribution in [0.25, 0.3) is 10.9 Å². The summed E-state index contributed by atoms with van der Waals surface area (Å²) in [6.45, 7) is 11.6. The number of Topliss-reactive ketones (excluding diaryl/α,β-unsaturated/α-hetero) is 5. The van der Waals surface area contributed by atoms with Crippen molar-refractivity contribution in [2.75, 3.05) is 20.1 Å². The van der Waals surface area contributed by atoms with Gasteiger partial charge < -0.3 is 36.5 Å². The number of unbranched alkanes of at least 4 members (excludes halogenated alkanes) is 1. The molecule has 2 aliphatic rings. The molecule has 2 saturated heterocycles. The highest BCUT2D eigenvalue weighted by Gasteiger charge is 2.41. The zero-order chi connectivity index (χ0) is 53.2. The summed E-state index contributed by atoms with van der Waals surface area (Å²) in [7, 11) is 1.29. The molecule has 6 N–H and O–H groups in total. The maximum atomic E-state index is 14.5. The number of hydrogen-bond donors (Lipinski definition) is 5. The van der Waals surface area contributed by atoms with Gasteiger partial charge in [0, 0.05) is 100 Å². The molecule has 1 aromatic carbocycles. The molecule has 3 heterocycles. The van der Waals surface area contributed by atoms with Crippen LogP contribution in [-0.2, 0) is 59.2 Å². The number of nitrogens with zero attached hydrogens (tertiary/aromatic N) is 2. The van der Waals surface area contributed by atoms with Crippen LogP contribution >= 0.6 is 0 Å². The Morgan fingerprint density at radius 1 is 0.764 bits per heavy atom. The summed E-state index contributed by atoms with van der Waals surface area (Å²) in [5, 5.41) is 8.75. The SMILES string of the molecule is CCCC[C@H](CC(=O)[C@H](CCC(=O)C(=O)NC)NC(=O)CCC(=O)[C@@H]1CCCN1C(C)=O)C(=O)NC(C(=O)C[C@@H](CC(C)C)C(=O)N1CCC[C@H]1C(=O)C[C@@H](Cc1c[nH]c2ccccc12)C(N)=O)[C@H](C)CC. The Kier molecular flexibility index (Phi) is 22.9. The number of likely N-dealkylation sites (N-methyl/N-ethyl adjacent to an activating group) is 1. The Balaban J connectivity index is 1.48. The predicted molar refractivity (Wildman–Crippen MR) is 271 cm³/mol. The van der Waals surface area contributed by atoms with Crippen molar-refractivity contribution in [3.8, 4) is 0 Å². The number of rotatable bonds is 31. The van der Waals surface area contributed by atoms with Crippen LogP contribution in [0.3, 0.4) is 0 Å². The molecule has 1 unspecified atom stereocenters. The van der Waals surface area contributed by atoms with Crippen LogP contribution in [0.4, 0.5) is 0 Å². The zero-order valence-corrected chi connectivity index (χ0v) is 43.5. The number of H-pyrrole nitrogens is 1. The molecule has 2 aliphatic heterocycles. The molecule has 0 radical (unpaired) electrons. The van der Waals surface area contributed by atoms with E-state index in [2.05, 4.69) is 20.9 Å². The molecule has 8 atom stereocenters. The van der Waals surface area contributed by atoms with E-state index in [9.17, 15) is 52.7 Å². The minimum atomic E-state index is -1.28. The first kappa shape index (κ1) is 58.5. The number of benzene rings is 1. The summed E-state index contributed by atoms with van der Waals surface area (Å²) in [6, 6.07) is 3.90. The molecule has 2 aromatic rings. The van der Waals surface area contributed by atoms with Crippen LogP contribution in [0.15, 0.2) is 30.5 Å². The Bertz CT molecular complexity index is 2290. The van der Waals surface area contributed by atoms with E-state index in [1.54, 1.807) is 4.90 Å². The standard InChI is InChI=1S/C54H79N7O11/c1-8-10-15-35(28-46(65)41(20-21-45(64)53(71)56-7)58-49(68)23-22-44(63)42-18-13-24-60(42)34(6)62)52(70)59-50(33(5)9-2)48(67)30-37(26-32(3)4)54(72)61-25-14-19-43(61)47(66)29-36(51(55)69)27-38-31-57-40-17-12-11-16-39(38)40/h11-12,16-17,31-33,35-37,41-43,50,57H,8-10,13-15,18-30H2,1-7H3,(H2,55,69)(H,56,71)(H,58,68)(H,59,70)/t33-,35-,36-,37-,41+,42+,43+,50?/m1/s1. The molecular weight excluding hydrogens is 923 g/mol. The predicted octanol–water partition coefficient (Wildman–Crippen LogP) is 4.62. The molecule has 396 valence electrons. The Labute approximate surface area is 423 Å². The van der Waals surface area contributed by atoms with Gasteiger partial charge in [0.15, 0.2) is 23.1 Å². The van der Waals surface area contributed by atoms with Gasteiger partial charge in [-0.15, -0.1) is 0 Å². The highest BCUT2D eigenvalue weighted by Crippen LogP contribution is 2.30. The van der Waals surface area contributed by atoms with E-state index in [0.29, 0.717) is 64.5 Å². The van der Waals surface area contributed by atoms with E-state index in [4.69, 9.17) is 5.73 Å². The average molecular weight is 1000 g/mol. The second kappa shape index (κ2) is 28.2. The van der Waals surface area contributed by atoms with Gasteiger partial charge >= 0.3 is 0 Å². The lowest BCUT2D eigenvalue weighted by atomic mass is 9.84. The second-order valence-corrected chi connectivity index (χ2v) is 20.4. The Morgan fingerprint density at radius 2 is 1.42 bits per heavy atom. The number of primary amides is 1. The van der Waals surface area contributed by atoms with Crippen LogP contribution < -0.4 is 21.7 Å². The van der Waals surface area contributed by atoms with Gasteiger partial charge in [-0.1, -0.05) is 72.1 Å². The normalized spacial score (nSPS) is 18.2. The number of carbonyl (C=O) groups excluding carboxylic acids is 11. The minimum absolute atomic E-state index is 0.00929. The van der Waals surface area contributed by atoms with Crippen LogP contribution in [0.5, 0.6) is 0 Å². The van der Waals surface area contributed by atoms with Crippen molar-refractivity contribution in [2.45, 2.75) is 175 Å². The van der Waals surface area contributed by atoms with E-state index in [0.717, 1.165) is 16.5 Å². The first-order valence-corrected chi connectivity index (χ1v) is 26.1.